The molecule has 3 aromatic carbocycles. The summed E-state index contributed by atoms with van der Waals surface area (Å²) in [7, 11) is 0. The number of ether oxygens (including phenoxy) is 1. The average molecular weight is 565 g/mol. The molecule has 1 amide bonds. The minimum absolute atomic E-state index is 0.0114. The normalized spacial score (nSPS) is 16.9. The fourth-order valence-corrected chi connectivity index (χ4v) is 6.86. The zero-order valence-electron chi connectivity index (χ0n) is 23.5. The summed E-state index contributed by atoms with van der Waals surface area (Å²) in [6, 6.07) is 27.1. The summed E-state index contributed by atoms with van der Waals surface area (Å²) in [4.78, 5) is 18.7. The third kappa shape index (κ3) is 6.73. The molecule has 0 atom stereocenters. The molecule has 6 nitrogen and oxygen atoms in total. The van der Waals surface area contributed by atoms with Crippen LogP contribution in [-0.2, 0) is 6.54 Å². The minimum Gasteiger partial charge on any atom is -0.490 e. The van der Waals surface area contributed by atoms with Crippen LogP contribution in [0.15, 0.2) is 72.8 Å². The molecule has 2 saturated heterocycles. The molecule has 4 aromatic rings. The highest BCUT2D eigenvalue weighted by Gasteiger charge is 2.23. The van der Waals surface area contributed by atoms with Gasteiger partial charge in [0.1, 0.15) is 11.9 Å². The number of benzene rings is 3. The Morgan fingerprint density at radius 3 is 2.51 bits per heavy atom. The highest BCUT2D eigenvalue weighted by Crippen LogP contribution is 2.31. The fraction of sp³-hybridized carbons (Fsp3) is 0.353. The molecule has 2 aliphatic heterocycles. The van der Waals surface area contributed by atoms with Gasteiger partial charge in [0.25, 0.3) is 5.91 Å². The van der Waals surface area contributed by atoms with Gasteiger partial charge in [-0.05, 0) is 79.2 Å². The third-order valence-corrected chi connectivity index (χ3v) is 9.34. The van der Waals surface area contributed by atoms with Crippen molar-refractivity contribution in [3.63, 3.8) is 0 Å². The largest absolute Gasteiger partial charge is 0.490 e. The molecular formula is C34H36N4O2S. The number of hydrogen-bond acceptors (Lipinski definition) is 6. The molecule has 41 heavy (non-hydrogen) atoms. The minimum atomic E-state index is 0.0114. The van der Waals surface area contributed by atoms with Crippen molar-refractivity contribution in [2.45, 2.75) is 51.3 Å². The Morgan fingerprint density at radius 1 is 0.976 bits per heavy atom. The SMILES string of the molecule is Cc1ccc(N2CCC(Oc3ccc4cc(C(=O)NC5CCN(Cc6cccc(C#N)c6)CC5)sc4c3)CC2)cc1. The molecule has 1 aromatic heterocycles. The second kappa shape index (κ2) is 12.3. The van der Waals surface area contributed by atoms with Crippen molar-refractivity contribution in [1.29, 1.82) is 5.26 Å². The third-order valence-electron chi connectivity index (χ3n) is 8.24. The lowest BCUT2D eigenvalue weighted by atomic mass is 10.0. The Bertz CT molecular complexity index is 1540. The zero-order chi connectivity index (χ0) is 28.2. The number of nitriles is 1. The lowest BCUT2D eigenvalue weighted by Crippen LogP contribution is -2.44. The van der Waals surface area contributed by atoms with Crippen LogP contribution in [0.3, 0.4) is 0 Å². The second-order valence-corrected chi connectivity index (χ2v) is 12.4. The first-order chi connectivity index (χ1) is 20.0. The van der Waals surface area contributed by atoms with Gasteiger partial charge in [-0.1, -0.05) is 29.8 Å². The number of likely N-dealkylation sites (tertiary alicyclic amines) is 1. The zero-order valence-corrected chi connectivity index (χ0v) is 24.3. The number of carbonyl (C=O) groups excluding carboxylic acids is 1. The van der Waals surface area contributed by atoms with Crippen molar-refractivity contribution in [2.75, 3.05) is 31.1 Å². The lowest BCUT2D eigenvalue weighted by molar-refractivity contribution is 0.0913. The Morgan fingerprint density at radius 2 is 1.76 bits per heavy atom. The van der Waals surface area contributed by atoms with E-state index in [1.807, 2.05) is 30.3 Å². The lowest BCUT2D eigenvalue weighted by Gasteiger charge is -2.33. The number of amides is 1. The van der Waals surface area contributed by atoms with Crippen molar-refractivity contribution < 1.29 is 9.53 Å². The molecule has 1 N–H and O–H groups in total. The molecular weight excluding hydrogens is 528 g/mol. The van der Waals surface area contributed by atoms with Gasteiger partial charge in [-0.15, -0.1) is 11.3 Å². The fourth-order valence-electron chi connectivity index (χ4n) is 5.87. The van der Waals surface area contributed by atoms with E-state index in [1.165, 1.54) is 22.6 Å². The van der Waals surface area contributed by atoms with Gasteiger partial charge in [0.15, 0.2) is 0 Å². The Hall–Kier alpha value is -3.86. The number of anilines is 1. The molecule has 6 rings (SSSR count). The van der Waals surface area contributed by atoms with E-state index in [9.17, 15) is 4.79 Å². The summed E-state index contributed by atoms with van der Waals surface area (Å²) >= 11 is 1.54. The molecule has 0 saturated carbocycles. The summed E-state index contributed by atoms with van der Waals surface area (Å²) in [6.45, 7) is 6.80. The van der Waals surface area contributed by atoms with Gasteiger partial charge in [-0.3, -0.25) is 9.69 Å². The Labute approximate surface area is 246 Å². The van der Waals surface area contributed by atoms with Gasteiger partial charge in [0.05, 0.1) is 16.5 Å². The summed E-state index contributed by atoms with van der Waals surface area (Å²) in [6.07, 6.45) is 4.05. The summed E-state index contributed by atoms with van der Waals surface area (Å²) in [5, 5.41) is 13.5. The van der Waals surface area contributed by atoms with E-state index in [0.29, 0.717) is 5.56 Å². The first-order valence-corrected chi connectivity index (χ1v) is 15.4. The van der Waals surface area contributed by atoms with Crippen LogP contribution in [0.1, 0.15) is 52.0 Å². The maximum Gasteiger partial charge on any atom is 0.261 e. The van der Waals surface area contributed by atoms with Crippen LogP contribution >= 0.6 is 11.3 Å². The monoisotopic (exact) mass is 564 g/mol. The van der Waals surface area contributed by atoms with Crippen LogP contribution in [0.4, 0.5) is 5.69 Å². The highest BCUT2D eigenvalue weighted by molar-refractivity contribution is 7.20. The average Bonchev–Trinajstić information content (AvgIpc) is 3.43. The van der Waals surface area contributed by atoms with Crippen LogP contribution in [0, 0.1) is 18.3 Å². The Balaban J connectivity index is 0.993. The van der Waals surface area contributed by atoms with E-state index in [4.69, 9.17) is 10.00 Å². The summed E-state index contributed by atoms with van der Waals surface area (Å²) in [5.74, 6) is 0.894. The predicted molar refractivity (Wildman–Crippen MR) is 166 cm³/mol. The van der Waals surface area contributed by atoms with Crippen LogP contribution in [0.25, 0.3) is 10.1 Å². The first kappa shape index (κ1) is 27.3. The van der Waals surface area contributed by atoms with Crippen LogP contribution in [0.2, 0.25) is 0 Å². The summed E-state index contributed by atoms with van der Waals surface area (Å²) < 4.78 is 7.46. The topological polar surface area (TPSA) is 68.6 Å². The maximum atomic E-state index is 13.1. The smallest absolute Gasteiger partial charge is 0.261 e. The number of rotatable bonds is 7. The highest BCUT2D eigenvalue weighted by atomic mass is 32.1. The molecule has 2 aliphatic rings. The standard InChI is InChI=1S/C34H36N4O2S/c1-24-5-8-29(9-6-24)38-17-13-30(14-18-38)40-31-10-7-27-20-33(41-32(27)21-31)34(39)36-28-11-15-37(16-12-28)23-26-4-2-3-25(19-26)22-35/h2-10,19-21,28,30H,11-18,23H2,1H3,(H,36,39). The van der Waals surface area contributed by atoms with E-state index >= 15 is 0 Å². The van der Waals surface area contributed by atoms with Crippen molar-refractivity contribution in [3.8, 4) is 11.8 Å². The molecule has 210 valence electrons. The number of fused-ring (bicyclic) bond motifs is 1. The number of nitrogens with zero attached hydrogens (tertiary/aromatic N) is 3. The number of thiophene rings is 1. The van der Waals surface area contributed by atoms with Crippen molar-refractivity contribution >= 4 is 33.0 Å². The van der Waals surface area contributed by atoms with E-state index in [1.54, 1.807) is 0 Å². The van der Waals surface area contributed by atoms with Crippen molar-refractivity contribution in [1.82, 2.24) is 10.2 Å². The number of carbonyl (C=O) groups is 1. The number of nitrogens with one attached hydrogen (secondary N) is 1. The quantitative estimate of drug-likeness (QED) is 0.277. The van der Waals surface area contributed by atoms with E-state index in [2.05, 4.69) is 70.6 Å². The predicted octanol–water partition coefficient (Wildman–Crippen LogP) is 6.52. The first-order valence-electron chi connectivity index (χ1n) is 14.6. The molecule has 3 heterocycles. The number of hydrogen-bond donors (Lipinski definition) is 1. The van der Waals surface area contributed by atoms with Gasteiger partial charge in [-0.25, -0.2) is 0 Å². The van der Waals surface area contributed by atoms with Crippen molar-refractivity contribution in [2.24, 2.45) is 0 Å². The molecule has 0 bridgehead atoms. The van der Waals surface area contributed by atoms with Crippen LogP contribution in [-0.4, -0.2) is 49.1 Å². The maximum absolute atomic E-state index is 13.1. The molecule has 2 fully saturated rings. The number of piperidine rings is 2. The van der Waals surface area contributed by atoms with Gasteiger partial charge in [0.2, 0.25) is 0 Å². The van der Waals surface area contributed by atoms with Gasteiger partial charge in [0, 0.05) is 62.0 Å². The van der Waals surface area contributed by atoms with Crippen molar-refractivity contribution in [3.05, 3.63) is 94.4 Å². The van der Waals surface area contributed by atoms with Gasteiger partial charge >= 0.3 is 0 Å². The molecule has 7 heteroatoms. The molecule has 0 aliphatic carbocycles. The Kier molecular flexibility index (Phi) is 8.22. The van der Waals surface area contributed by atoms with Crippen LogP contribution < -0.4 is 15.0 Å². The van der Waals surface area contributed by atoms with E-state index in [0.717, 1.165) is 84.7 Å². The molecule has 0 radical (unpaired) electrons. The van der Waals surface area contributed by atoms with E-state index in [-0.39, 0.29) is 18.1 Å². The molecule has 0 unspecified atom stereocenters. The van der Waals surface area contributed by atoms with Gasteiger partial charge in [-0.2, -0.15) is 5.26 Å². The van der Waals surface area contributed by atoms with Gasteiger partial charge < -0.3 is 15.0 Å². The van der Waals surface area contributed by atoms with E-state index < -0.39 is 0 Å². The van der Waals surface area contributed by atoms with Crippen LogP contribution in [0.5, 0.6) is 5.75 Å². The summed E-state index contributed by atoms with van der Waals surface area (Å²) in [5.41, 5.74) is 4.43. The second-order valence-electron chi connectivity index (χ2n) is 11.3. The number of aryl methyl sites for hydroxylation is 1. The molecule has 0 spiro atoms.